The molecular weight excluding hydrogens is 414 g/mol. The van der Waals surface area contributed by atoms with Crippen LogP contribution in [0.5, 0.6) is 0 Å². The first-order chi connectivity index (χ1) is 10.3. The lowest BCUT2D eigenvalue weighted by Gasteiger charge is -2.31. The van der Waals surface area contributed by atoms with Crippen LogP contribution in [0.1, 0.15) is 0 Å². The zero-order valence-electron chi connectivity index (χ0n) is 12.4. The third kappa shape index (κ3) is 6.83. The number of rotatable bonds is 10. The first-order valence-corrected chi connectivity index (χ1v) is 11.7. The van der Waals surface area contributed by atoms with Crippen LogP contribution in [0.15, 0.2) is 0 Å². The first kappa shape index (κ1) is 23.6. The number of hydrogen-bond donors (Lipinski definition) is 1. The predicted octanol–water partition coefficient (Wildman–Crippen LogP) is 1.55. The van der Waals surface area contributed by atoms with Gasteiger partial charge in [-0.05, 0) is 19.6 Å². The van der Waals surface area contributed by atoms with Crippen molar-refractivity contribution >= 4 is 29.7 Å². The Morgan fingerprint density at radius 2 is 1.33 bits per heavy atom. The van der Waals surface area contributed by atoms with Crippen LogP contribution >= 0.6 is 0 Å². The summed E-state index contributed by atoms with van der Waals surface area (Å²) >= 11 is 0. The van der Waals surface area contributed by atoms with E-state index in [0.29, 0.717) is 0 Å². The van der Waals surface area contributed by atoms with Gasteiger partial charge in [-0.1, -0.05) is 0 Å². The van der Waals surface area contributed by atoms with E-state index in [4.69, 9.17) is 0 Å². The molecule has 16 heteroatoms. The highest BCUT2D eigenvalue weighted by atomic mass is 32.3. The zero-order chi connectivity index (χ0) is 19.6. The second kappa shape index (κ2) is 7.44. The van der Waals surface area contributed by atoms with Gasteiger partial charge in [0.25, 0.3) is 11.0 Å². The number of halogens is 6. The first-order valence-electron chi connectivity index (χ1n) is 5.84. The number of hydrogen-bond acceptors (Lipinski definition) is 7. The predicted molar refractivity (Wildman–Crippen MR) is 70.4 cm³/mol. The lowest BCUT2D eigenvalue weighted by molar-refractivity contribution is -0.319. The van der Waals surface area contributed by atoms with Gasteiger partial charge in [0.1, 0.15) is 13.2 Å². The van der Waals surface area contributed by atoms with Crippen molar-refractivity contribution in [2.45, 2.75) is 37.4 Å². The molecule has 0 atom stereocenters. The summed E-state index contributed by atoms with van der Waals surface area (Å²) in [6, 6.07) is 0. The van der Waals surface area contributed by atoms with E-state index in [1.54, 1.807) is 0 Å². The van der Waals surface area contributed by atoms with Crippen LogP contribution in [0.25, 0.3) is 0 Å². The largest absolute Gasteiger partial charge is 0.390 e. The SMILES string of the molecule is C[Si](C)(C)OS(=O)(=O)OCC(F)(F)C(F)(F)C(F)(F)CO[SH](=O)=O. The molecule has 0 saturated carbocycles. The molecule has 0 spiro atoms. The van der Waals surface area contributed by atoms with Crippen molar-refractivity contribution in [2.24, 2.45) is 0 Å². The molecule has 0 rings (SSSR count). The molecule has 0 aromatic carbocycles. The van der Waals surface area contributed by atoms with E-state index in [-0.39, 0.29) is 0 Å². The van der Waals surface area contributed by atoms with Crippen LogP contribution in [0.2, 0.25) is 19.6 Å². The summed E-state index contributed by atoms with van der Waals surface area (Å²) in [6.07, 6.45) is 0. The van der Waals surface area contributed by atoms with Crippen LogP contribution in [0.3, 0.4) is 0 Å². The molecule has 0 aromatic rings. The van der Waals surface area contributed by atoms with E-state index in [1.165, 1.54) is 19.6 Å². The van der Waals surface area contributed by atoms with Crippen molar-refractivity contribution in [3.05, 3.63) is 0 Å². The van der Waals surface area contributed by atoms with Gasteiger partial charge in [-0.25, -0.2) is 12.6 Å². The number of thiol groups is 1. The molecular formula is C8H14F6O7S2Si. The smallest absolute Gasteiger partial charge is 0.294 e. The molecule has 0 saturated heterocycles. The molecule has 0 aliphatic rings. The van der Waals surface area contributed by atoms with Crippen LogP contribution < -0.4 is 0 Å². The molecule has 0 unspecified atom stereocenters. The van der Waals surface area contributed by atoms with Crippen molar-refractivity contribution < 1.29 is 55.4 Å². The molecule has 24 heavy (non-hydrogen) atoms. The summed E-state index contributed by atoms with van der Waals surface area (Å²) in [5, 5.41) is 0. The van der Waals surface area contributed by atoms with Crippen molar-refractivity contribution in [3.8, 4) is 0 Å². The van der Waals surface area contributed by atoms with E-state index < -0.39 is 60.7 Å². The van der Waals surface area contributed by atoms with Crippen LogP contribution in [0, 0.1) is 0 Å². The third-order valence-corrected chi connectivity index (χ3v) is 5.57. The summed E-state index contributed by atoms with van der Waals surface area (Å²) in [7, 11) is -12.0. The van der Waals surface area contributed by atoms with Crippen molar-refractivity contribution in [1.29, 1.82) is 0 Å². The Morgan fingerprint density at radius 3 is 1.71 bits per heavy atom. The maximum atomic E-state index is 13.3. The average molecular weight is 428 g/mol. The van der Waals surface area contributed by atoms with E-state index in [9.17, 15) is 43.2 Å². The normalized spacial score (nSPS) is 15.1. The minimum Gasteiger partial charge on any atom is -0.294 e. The molecule has 0 aromatic heterocycles. The van der Waals surface area contributed by atoms with Gasteiger partial charge < -0.3 is 0 Å². The molecule has 0 amide bonds. The fourth-order valence-electron chi connectivity index (χ4n) is 1.06. The molecule has 0 fully saturated rings. The molecule has 0 aliphatic heterocycles. The molecule has 0 bridgehead atoms. The molecule has 0 aliphatic carbocycles. The van der Waals surface area contributed by atoms with E-state index in [2.05, 4.69) is 12.2 Å². The lowest BCUT2D eigenvalue weighted by atomic mass is 10.1. The monoisotopic (exact) mass is 428 g/mol. The van der Waals surface area contributed by atoms with Crippen LogP contribution in [0.4, 0.5) is 26.3 Å². The highest BCUT2D eigenvalue weighted by Crippen LogP contribution is 2.46. The standard InChI is InChI=1S/C8H14F6O7S2Si/c1-24(2,3)21-23(17,18)20-5-7(11,12)8(13,14)6(9,10)4-19-22(15)16/h22H,4-5H2,1-3H3. The van der Waals surface area contributed by atoms with Crippen LogP contribution in [-0.4, -0.2) is 56.1 Å². The Balaban J connectivity index is 5.21. The van der Waals surface area contributed by atoms with Gasteiger partial charge in [-0.15, -0.1) is 0 Å². The van der Waals surface area contributed by atoms with Crippen molar-refractivity contribution in [1.82, 2.24) is 0 Å². The summed E-state index contributed by atoms with van der Waals surface area (Å²) in [4.78, 5) is 0. The average Bonchev–Trinajstić information content (AvgIpc) is 2.31. The maximum absolute atomic E-state index is 13.3. The zero-order valence-corrected chi connectivity index (χ0v) is 15.1. The van der Waals surface area contributed by atoms with E-state index >= 15 is 0 Å². The molecule has 0 N–H and O–H groups in total. The second-order valence-corrected chi connectivity index (χ2v) is 12.0. The Hall–Kier alpha value is -0.423. The second-order valence-electron chi connectivity index (χ2n) is 5.35. The van der Waals surface area contributed by atoms with E-state index in [1.807, 2.05) is 0 Å². The summed E-state index contributed by atoms with van der Waals surface area (Å²) in [5.41, 5.74) is 0. The minimum absolute atomic E-state index is 1.30. The molecule has 0 heterocycles. The molecule has 0 radical (unpaired) electrons. The molecule has 146 valence electrons. The topological polar surface area (TPSA) is 96.0 Å². The Morgan fingerprint density at radius 1 is 0.917 bits per heavy atom. The van der Waals surface area contributed by atoms with Gasteiger partial charge >= 0.3 is 28.2 Å². The number of alkyl halides is 6. The quantitative estimate of drug-likeness (QED) is 0.320. The highest BCUT2D eigenvalue weighted by molar-refractivity contribution is 7.83. The Kier molecular flexibility index (Phi) is 7.31. The van der Waals surface area contributed by atoms with Crippen molar-refractivity contribution in [3.63, 3.8) is 0 Å². The summed E-state index contributed by atoms with van der Waals surface area (Å²) in [6.45, 7) is -1.30. The van der Waals surface area contributed by atoms with Gasteiger partial charge in [0.15, 0.2) is 0 Å². The van der Waals surface area contributed by atoms with Gasteiger partial charge in [-0.2, -0.15) is 34.8 Å². The maximum Gasteiger partial charge on any atom is 0.390 e. The summed E-state index contributed by atoms with van der Waals surface area (Å²) < 4.78 is 133. The Labute approximate surface area is 136 Å². The van der Waals surface area contributed by atoms with Gasteiger partial charge in [0.2, 0.25) is 8.32 Å². The van der Waals surface area contributed by atoms with Gasteiger partial charge in [-0.3, -0.25) is 8.06 Å². The highest BCUT2D eigenvalue weighted by Gasteiger charge is 2.72. The fourth-order valence-corrected chi connectivity index (χ4v) is 4.26. The third-order valence-electron chi connectivity index (χ3n) is 2.01. The van der Waals surface area contributed by atoms with Crippen LogP contribution in [-0.2, 0) is 33.6 Å². The fraction of sp³-hybridized carbons (Fsp3) is 1.00. The molecule has 7 nitrogen and oxygen atoms in total. The van der Waals surface area contributed by atoms with Gasteiger partial charge in [0.05, 0.1) is 0 Å². The Bertz CT molecular complexity index is 605. The lowest BCUT2D eigenvalue weighted by Crippen LogP contribution is -2.58. The van der Waals surface area contributed by atoms with Gasteiger partial charge in [0, 0.05) is 0 Å². The summed E-state index contributed by atoms with van der Waals surface area (Å²) in [5.74, 6) is -17.5. The van der Waals surface area contributed by atoms with Crippen molar-refractivity contribution in [2.75, 3.05) is 13.2 Å². The minimum atomic E-state index is -6.17. The van der Waals surface area contributed by atoms with E-state index in [0.717, 1.165) is 0 Å².